The minimum atomic E-state index is 0.890. The van der Waals surface area contributed by atoms with E-state index >= 15 is 0 Å². The lowest BCUT2D eigenvalue weighted by atomic mass is 10.2. The molecule has 0 aliphatic heterocycles. The van der Waals surface area contributed by atoms with Crippen molar-refractivity contribution in [2.75, 3.05) is 11.9 Å². The average Bonchev–Trinajstić information content (AvgIpc) is 2.60. The molecule has 0 saturated carbocycles. The van der Waals surface area contributed by atoms with Crippen LogP contribution in [0.15, 0.2) is 42.1 Å². The summed E-state index contributed by atoms with van der Waals surface area (Å²) in [4.78, 5) is 0. The van der Waals surface area contributed by atoms with Gasteiger partial charge >= 0.3 is 0 Å². The van der Waals surface area contributed by atoms with E-state index < -0.39 is 0 Å². The lowest BCUT2D eigenvalue weighted by molar-refractivity contribution is 0.969. The van der Waals surface area contributed by atoms with Crippen molar-refractivity contribution >= 4 is 16.6 Å². The van der Waals surface area contributed by atoms with Gasteiger partial charge in [0.15, 0.2) is 0 Å². The number of fused-ring (bicyclic) bond motifs is 1. The highest BCUT2D eigenvalue weighted by Crippen LogP contribution is 2.19. The number of benzene rings is 1. The minimum absolute atomic E-state index is 0.890. The van der Waals surface area contributed by atoms with E-state index in [1.165, 1.54) is 22.2 Å². The number of allylic oxidation sites excluding steroid dienone is 1. The monoisotopic (exact) mass is 214 g/mol. The van der Waals surface area contributed by atoms with Crippen molar-refractivity contribution in [1.29, 1.82) is 0 Å². The molecule has 1 aromatic heterocycles. The van der Waals surface area contributed by atoms with E-state index in [9.17, 15) is 0 Å². The van der Waals surface area contributed by atoms with Gasteiger partial charge in [-0.1, -0.05) is 11.6 Å². The SMILES string of the molecule is CC(C)=CCNc1ccc2c(ccn2C)c1. The third kappa shape index (κ3) is 2.27. The van der Waals surface area contributed by atoms with Crippen molar-refractivity contribution in [1.82, 2.24) is 4.57 Å². The number of nitrogens with one attached hydrogen (secondary N) is 1. The standard InChI is InChI=1S/C14H18N2/c1-11(2)6-8-15-13-4-5-14-12(10-13)7-9-16(14)3/h4-7,9-10,15H,8H2,1-3H3. The Morgan fingerprint density at radius 2 is 2.12 bits per heavy atom. The number of aryl methyl sites for hydroxylation is 1. The molecule has 1 N–H and O–H groups in total. The van der Waals surface area contributed by atoms with Crippen LogP contribution in [0, 0.1) is 0 Å². The zero-order chi connectivity index (χ0) is 11.5. The molecular weight excluding hydrogens is 196 g/mol. The summed E-state index contributed by atoms with van der Waals surface area (Å²) in [6.45, 7) is 5.12. The molecule has 16 heavy (non-hydrogen) atoms. The molecule has 0 atom stereocenters. The van der Waals surface area contributed by atoms with Crippen LogP contribution in [-0.2, 0) is 7.05 Å². The molecule has 1 heterocycles. The quantitative estimate of drug-likeness (QED) is 0.773. The van der Waals surface area contributed by atoms with E-state index in [2.05, 4.69) is 67.3 Å². The molecule has 0 spiro atoms. The first-order valence-electron chi connectivity index (χ1n) is 5.59. The van der Waals surface area contributed by atoms with Gasteiger partial charge in [-0.2, -0.15) is 0 Å². The largest absolute Gasteiger partial charge is 0.382 e. The maximum Gasteiger partial charge on any atom is 0.0479 e. The Morgan fingerprint density at radius 3 is 2.88 bits per heavy atom. The van der Waals surface area contributed by atoms with Gasteiger partial charge in [-0.25, -0.2) is 0 Å². The molecule has 2 aromatic rings. The van der Waals surface area contributed by atoms with E-state index in [0.29, 0.717) is 0 Å². The van der Waals surface area contributed by atoms with E-state index in [0.717, 1.165) is 6.54 Å². The number of hydrogen-bond acceptors (Lipinski definition) is 1. The Labute approximate surface area is 96.6 Å². The van der Waals surface area contributed by atoms with Gasteiger partial charge < -0.3 is 9.88 Å². The summed E-state index contributed by atoms with van der Waals surface area (Å²) < 4.78 is 2.13. The molecule has 0 fully saturated rings. The molecule has 0 saturated heterocycles. The van der Waals surface area contributed by atoms with Crippen molar-refractivity contribution in [3.05, 3.63) is 42.1 Å². The summed E-state index contributed by atoms with van der Waals surface area (Å²) in [5, 5.41) is 4.67. The summed E-state index contributed by atoms with van der Waals surface area (Å²) >= 11 is 0. The molecule has 2 heteroatoms. The molecule has 2 rings (SSSR count). The van der Waals surface area contributed by atoms with E-state index in [1.54, 1.807) is 0 Å². The number of aromatic nitrogens is 1. The Kier molecular flexibility index (Phi) is 3.00. The fourth-order valence-corrected chi connectivity index (χ4v) is 1.76. The number of nitrogens with zero attached hydrogens (tertiary/aromatic N) is 1. The van der Waals surface area contributed by atoms with Crippen LogP contribution in [0.2, 0.25) is 0 Å². The molecule has 0 bridgehead atoms. The first-order valence-corrected chi connectivity index (χ1v) is 5.59. The van der Waals surface area contributed by atoms with E-state index in [4.69, 9.17) is 0 Å². The van der Waals surface area contributed by atoms with Crippen LogP contribution in [0.3, 0.4) is 0 Å². The second-order valence-corrected chi connectivity index (χ2v) is 4.36. The molecule has 0 radical (unpaired) electrons. The summed E-state index contributed by atoms with van der Waals surface area (Å²) in [6.07, 6.45) is 4.28. The summed E-state index contributed by atoms with van der Waals surface area (Å²) in [5.41, 5.74) is 3.79. The zero-order valence-electron chi connectivity index (χ0n) is 10.1. The average molecular weight is 214 g/mol. The number of hydrogen-bond donors (Lipinski definition) is 1. The second kappa shape index (κ2) is 4.44. The van der Waals surface area contributed by atoms with Crippen molar-refractivity contribution in [3.8, 4) is 0 Å². The van der Waals surface area contributed by atoms with Gasteiger partial charge in [0.25, 0.3) is 0 Å². The first-order chi connectivity index (χ1) is 7.66. The topological polar surface area (TPSA) is 17.0 Å². The van der Waals surface area contributed by atoms with Crippen LogP contribution in [0.25, 0.3) is 10.9 Å². The number of anilines is 1. The third-order valence-electron chi connectivity index (χ3n) is 2.70. The summed E-state index contributed by atoms with van der Waals surface area (Å²) in [5.74, 6) is 0. The molecule has 2 nitrogen and oxygen atoms in total. The lowest BCUT2D eigenvalue weighted by Gasteiger charge is -2.04. The summed E-state index contributed by atoms with van der Waals surface area (Å²) in [7, 11) is 2.07. The van der Waals surface area contributed by atoms with Gasteiger partial charge in [-0.15, -0.1) is 0 Å². The van der Waals surface area contributed by atoms with Crippen molar-refractivity contribution in [2.24, 2.45) is 7.05 Å². The van der Waals surface area contributed by atoms with Gasteiger partial charge in [-0.05, 0) is 38.1 Å². The van der Waals surface area contributed by atoms with Crippen LogP contribution in [-0.4, -0.2) is 11.1 Å². The Bertz CT molecular complexity index is 517. The number of rotatable bonds is 3. The maximum absolute atomic E-state index is 3.39. The fraction of sp³-hybridized carbons (Fsp3) is 0.286. The first kappa shape index (κ1) is 10.8. The van der Waals surface area contributed by atoms with Crippen LogP contribution in [0.5, 0.6) is 0 Å². The maximum atomic E-state index is 3.39. The van der Waals surface area contributed by atoms with Gasteiger partial charge in [0.05, 0.1) is 0 Å². The zero-order valence-corrected chi connectivity index (χ0v) is 10.1. The Hall–Kier alpha value is -1.70. The highest BCUT2D eigenvalue weighted by molar-refractivity contribution is 5.83. The molecular formula is C14H18N2. The second-order valence-electron chi connectivity index (χ2n) is 4.36. The predicted octanol–water partition coefficient (Wildman–Crippen LogP) is 3.56. The lowest BCUT2D eigenvalue weighted by Crippen LogP contribution is -1.98. The van der Waals surface area contributed by atoms with Gasteiger partial charge in [0, 0.05) is 36.4 Å². The van der Waals surface area contributed by atoms with Crippen molar-refractivity contribution in [2.45, 2.75) is 13.8 Å². The van der Waals surface area contributed by atoms with Crippen molar-refractivity contribution < 1.29 is 0 Å². The molecule has 0 aliphatic rings. The minimum Gasteiger partial charge on any atom is -0.382 e. The normalized spacial score (nSPS) is 10.4. The van der Waals surface area contributed by atoms with Crippen molar-refractivity contribution in [3.63, 3.8) is 0 Å². The highest BCUT2D eigenvalue weighted by Gasteiger charge is 1.98. The van der Waals surface area contributed by atoms with Gasteiger partial charge in [0.1, 0.15) is 0 Å². The van der Waals surface area contributed by atoms with Crippen LogP contribution >= 0.6 is 0 Å². The van der Waals surface area contributed by atoms with E-state index in [-0.39, 0.29) is 0 Å². The highest BCUT2D eigenvalue weighted by atomic mass is 14.9. The van der Waals surface area contributed by atoms with Crippen LogP contribution in [0.1, 0.15) is 13.8 Å². The Morgan fingerprint density at radius 1 is 1.31 bits per heavy atom. The van der Waals surface area contributed by atoms with Gasteiger partial charge in [0.2, 0.25) is 0 Å². The third-order valence-corrected chi connectivity index (χ3v) is 2.70. The Balaban J connectivity index is 2.17. The predicted molar refractivity (Wildman–Crippen MR) is 70.8 cm³/mol. The van der Waals surface area contributed by atoms with Gasteiger partial charge in [-0.3, -0.25) is 0 Å². The van der Waals surface area contributed by atoms with E-state index in [1.807, 2.05) is 0 Å². The molecule has 0 aliphatic carbocycles. The smallest absolute Gasteiger partial charge is 0.0479 e. The molecule has 84 valence electrons. The molecule has 1 aromatic carbocycles. The molecule has 0 amide bonds. The summed E-state index contributed by atoms with van der Waals surface area (Å²) in [6, 6.07) is 8.61. The van der Waals surface area contributed by atoms with Crippen LogP contribution in [0.4, 0.5) is 5.69 Å². The van der Waals surface area contributed by atoms with Crippen LogP contribution < -0.4 is 5.32 Å². The molecule has 0 unspecified atom stereocenters. The fourth-order valence-electron chi connectivity index (χ4n) is 1.76.